The SMILES string of the molecule is CCNCOC(C#N)N=Cc1ccccc1. The summed E-state index contributed by atoms with van der Waals surface area (Å²) in [6.45, 7) is 3.11. The van der Waals surface area contributed by atoms with Crippen LogP contribution in [0.2, 0.25) is 0 Å². The molecule has 0 aliphatic rings. The molecule has 4 heteroatoms. The molecule has 16 heavy (non-hydrogen) atoms. The van der Waals surface area contributed by atoms with Crippen molar-refractivity contribution in [1.29, 1.82) is 5.26 Å². The van der Waals surface area contributed by atoms with Crippen LogP contribution in [0.1, 0.15) is 12.5 Å². The second kappa shape index (κ2) is 7.57. The summed E-state index contributed by atoms with van der Waals surface area (Å²) in [4.78, 5) is 4.04. The molecule has 0 radical (unpaired) electrons. The molecule has 0 aliphatic carbocycles. The predicted molar refractivity (Wildman–Crippen MR) is 63.1 cm³/mol. The summed E-state index contributed by atoms with van der Waals surface area (Å²) in [5, 5.41) is 11.8. The molecule has 1 rings (SSSR count). The maximum atomic E-state index is 8.79. The van der Waals surface area contributed by atoms with E-state index in [1.165, 1.54) is 0 Å². The van der Waals surface area contributed by atoms with E-state index < -0.39 is 6.23 Å². The maximum Gasteiger partial charge on any atom is 0.238 e. The van der Waals surface area contributed by atoms with E-state index in [0.717, 1.165) is 12.1 Å². The Hall–Kier alpha value is -1.70. The molecule has 0 bridgehead atoms. The fourth-order valence-electron chi connectivity index (χ4n) is 1.05. The second-order valence-electron chi connectivity index (χ2n) is 3.08. The number of hydrogen-bond donors (Lipinski definition) is 1. The third kappa shape index (κ3) is 4.69. The fourth-order valence-corrected chi connectivity index (χ4v) is 1.05. The van der Waals surface area contributed by atoms with Gasteiger partial charge in [0.05, 0.1) is 0 Å². The lowest BCUT2D eigenvalue weighted by Gasteiger charge is -2.05. The molecule has 0 fully saturated rings. The van der Waals surface area contributed by atoms with Crippen molar-refractivity contribution in [3.8, 4) is 6.07 Å². The van der Waals surface area contributed by atoms with Gasteiger partial charge in [0.15, 0.2) is 0 Å². The number of hydrogen-bond acceptors (Lipinski definition) is 4. The molecule has 1 N–H and O–H groups in total. The quantitative estimate of drug-likeness (QED) is 0.446. The van der Waals surface area contributed by atoms with E-state index in [0.29, 0.717) is 6.73 Å². The summed E-state index contributed by atoms with van der Waals surface area (Å²) in [6, 6.07) is 11.6. The lowest BCUT2D eigenvalue weighted by Crippen LogP contribution is -2.21. The van der Waals surface area contributed by atoms with E-state index in [1.807, 2.05) is 43.3 Å². The van der Waals surface area contributed by atoms with Crippen LogP contribution in [0.15, 0.2) is 35.3 Å². The van der Waals surface area contributed by atoms with E-state index in [1.54, 1.807) is 6.21 Å². The average molecular weight is 217 g/mol. The number of nitrogens with one attached hydrogen (secondary N) is 1. The molecule has 1 atom stereocenters. The standard InChI is InChI=1S/C12H15N3O/c1-2-14-10-16-12(8-13)15-9-11-6-4-3-5-7-11/h3-7,9,12,14H,2,10H2,1H3. The fraction of sp³-hybridized carbons (Fsp3) is 0.333. The van der Waals surface area contributed by atoms with Gasteiger partial charge in [0.2, 0.25) is 6.23 Å². The summed E-state index contributed by atoms with van der Waals surface area (Å²) in [6.07, 6.45) is 0.888. The van der Waals surface area contributed by atoms with Gasteiger partial charge in [0.25, 0.3) is 0 Å². The van der Waals surface area contributed by atoms with Gasteiger partial charge >= 0.3 is 0 Å². The van der Waals surface area contributed by atoms with Crippen LogP contribution in [-0.2, 0) is 4.74 Å². The van der Waals surface area contributed by atoms with Gasteiger partial charge < -0.3 is 4.74 Å². The minimum Gasteiger partial charge on any atom is -0.329 e. The molecule has 1 aromatic carbocycles. The number of aliphatic imine (C=N–C) groups is 1. The van der Waals surface area contributed by atoms with Crippen LogP contribution in [0, 0.1) is 11.3 Å². The third-order valence-electron chi connectivity index (χ3n) is 1.86. The number of ether oxygens (including phenoxy) is 1. The topological polar surface area (TPSA) is 57.4 Å². The molecule has 4 nitrogen and oxygen atoms in total. The predicted octanol–water partition coefficient (Wildman–Crippen LogP) is 1.54. The van der Waals surface area contributed by atoms with Crippen LogP contribution >= 0.6 is 0 Å². The maximum absolute atomic E-state index is 8.79. The highest BCUT2D eigenvalue weighted by Gasteiger charge is 2.01. The van der Waals surface area contributed by atoms with Crippen LogP contribution in [0.4, 0.5) is 0 Å². The van der Waals surface area contributed by atoms with Crippen molar-refractivity contribution < 1.29 is 4.74 Å². The van der Waals surface area contributed by atoms with Crippen molar-refractivity contribution in [3.63, 3.8) is 0 Å². The summed E-state index contributed by atoms with van der Waals surface area (Å²) in [7, 11) is 0. The Kier molecular flexibility index (Phi) is 5.86. The van der Waals surface area contributed by atoms with Crippen LogP contribution in [0.3, 0.4) is 0 Å². The Morgan fingerprint density at radius 2 is 2.25 bits per heavy atom. The van der Waals surface area contributed by atoms with Crippen molar-refractivity contribution in [2.45, 2.75) is 13.2 Å². The Labute approximate surface area is 95.6 Å². The van der Waals surface area contributed by atoms with Gasteiger partial charge in [-0.15, -0.1) is 0 Å². The van der Waals surface area contributed by atoms with E-state index in [9.17, 15) is 0 Å². The second-order valence-corrected chi connectivity index (χ2v) is 3.08. The van der Waals surface area contributed by atoms with Gasteiger partial charge in [-0.3, -0.25) is 5.32 Å². The van der Waals surface area contributed by atoms with E-state index in [-0.39, 0.29) is 0 Å². The normalized spacial score (nSPS) is 12.5. The molecule has 0 saturated heterocycles. The first-order valence-corrected chi connectivity index (χ1v) is 5.17. The Morgan fingerprint density at radius 1 is 1.50 bits per heavy atom. The van der Waals surface area contributed by atoms with E-state index in [4.69, 9.17) is 10.00 Å². The number of benzene rings is 1. The molecular formula is C12H15N3O. The van der Waals surface area contributed by atoms with Crippen molar-refractivity contribution in [1.82, 2.24) is 5.32 Å². The lowest BCUT2D eigenvalue weighted by atomic mass is 10.2. The number of rotatable bonds is 6. The molecule has 0 amide bonds. The summed E-state index contributed by atoms with van der Waals surface area (Å²) in [5.41, 5.74) is 0.954. The molecular weight excluding hydrogens is 202 g/mol. The minimum atomic E-state index is -0.751. The molecule has 1 aromatic rings. The van der Waals surface area contributed by atoms with Gasteiger partial charge in [-0.05, 0) is 12.1 Å². The summed E-state index contributed by atoms with van der Waals surface area (Å²) < 4.78 is 5.18. The van der Waals surface area contributed by atoms with Crippen LogP contribution < -0.4 is 5.32 Å². The molecule has 0 saturated carbocycles. The van der Waals surface area contributed by atoms with Crippen LogP contribution in [0.25, 0.3) is 0 Å². The van der Waals surface area contributed by atoms with Gasteiger partial charge in [-0.2, -0.15) is 5.26 Å². The van der Waals surface area contributed by atoms with Crippen LogP contribution in [-0.4, -0.2) is 25.7 Å². The van der Waals surface area contributed by atoms with Crippen molar-refractivity contribution in [2.75, 3.05) is 13.3 Å². The lowest BCUT2D eigenvalue weighted by molar-refractivity contribution is 0.0822. The van der Waals surface area contributed by atoms with Gasteiger partial charge in [-0.25, -0.2) is 4.99 Å². The molecule has 84 valence electrons. The Balaban J connectivity index is 2.44. The van der Waals surface area contributed by atoms with E-state index >= 15 is 0 Å². The molecule has 0 aromatic heterocycles. The first kappa shape index (κ1) is 12.4. The summed E-state index contributed by atoms with van der Waals surface area (Å²) in [5.74, 6) is 0. The first-order valence-electron chi connectivity index (χ1n) is 5.17. The van der Waals surface area contributed by atoms with Crippen molar-refractivity contribution in [2.24, 2.45) is 4.99 Å². The zero-order valence-corrected chi connectivity index (χ0v) is 9.26. The molecule has 0 spiro atoms. The van der Waals surface area contributed by atoms with Crippen molar-refractivity contribution >= 4 is 6.21 Å². The zero-order valence-electron chi connectivity index (χ0n) is 9.26. The largest absolute Gasteiger partial charge is 0.329 e. The highest BCUT2D eigenvalue weighted by molar-refractivity contribution is 5.79. The molecule has 0 aliphatic heterocycles. The zero-order chi connectivity index (χ0) is 11.6. The number of nitrogens with zero attached hydrogens (tertiary/aromatic N) is 2. The van der Waals surface area contributed by atoms with Gasteiger partial charge in [0, 0.05) is 6.21 Å². The van der Waals surface area contributed by atoms with Gasteiger partial charge in [-0.1, -0.05) is 37.3 Å². The van der Waals surface area contributed by atoms with Crippen molar-refractivity contribution in [3.05, 3.63) is 35.9 Å². The smallest absolute Gasteiger partial charge is 0.238 e. The number of nitriles is 1. The average Bonchev–Trinajstić information content (AvgIpc) is 2.35. The Morgan fingerprint density at radius 3 is 2.88 bits per heavy atom. The van der Waals surface area contributed by atoms with Crippen LogP contribution in [0.5, 0.6) is 0 Å². The van der Waals surface area contributed by atoms with E-state index in [2.05, 4.69) is 10.3 Å². The Bertz CT molecular complexity index is 356. The molecule has 0 heterocycles. The highest BCUT2D eigenvalue weighted by atomic mass is 16.5. The summed E-state index contributed by atoms with van der Waals surface area (Å²) >= 11 is 0. The van der Waals surface area contributed by atoms with Gasteiger partial charge in [0.1, 0.15) is 12.8 Å². The minimum absolute atomic E-state index is 0.334. The first-order chi connectivity index (χ1) is 7.86. The third-order valence-corrected chi connectivity index (χ3v) is 1.86. The highest BCUT2D eigenvalue weighted by Crippen LogP contribution is 1.97. The monoisotopic (exact) mass is 217 g/mol. The molecule has 1 unspecified atom stereocenters.